The van der Waals surface area contributed by atoms with E-state index >= 15 is 0 Å². The van der Waals surface area contributed by atoms with Crippen molar-refractivity contribution in [3.8, 4) is 0 Å². The van der Waals surface area contributed by atoms with Crippen molar-refractivity contribution in [1.82, 2.24) is 5.32 Å². The van der Waals surface area contributed by atoms with Crippen LogP contribution in [0, 0.1) is 17.6 Å². The zero-order valence-corrected chi connectivity index (χ0v) is 10.2. The molecule has 0 spiro atoms. The van der Waals surface area contributed by atoms with Gasteiger partial charge in [0.25, 0.3) is 5.91 Å². The molecule has 0 radical (unpaired) electrons. The normalized spacial score (nSPS) is 14.4. The summed E-state index contributed by atoms with van der Waals surface area (Å²) in [6, 6.07) is 2.09. The topological polar surface area (TPSA) is 41.1 Å². The zero-order valence-electron chi connectivity index (χ0n) is 10.2. The smallest absolute Gasteiger partial charge is 0.251 e. The zero-order chi connectivity index (χ0) is 13.1. The van der Waals surface area contributed by atoms with Gasteiger partial charge in [0.05, 0.1) is 0 Å². The van der Waals surface area contributed by atoms with E-state index in [-0.39, 0.29) is 11.3 Å². The van der Waals surface area contributed by atoms with Crippen molar-refractivity contribution in [3.05, 3.63) is 29.3 Å². The van der Waals surface area contributed by atoms with Crippen molar-refractivity contribution in [3.63, 3.8) is 0 Å². The summed E-state index contributed by atoms with van der Waals surface area (Å²) in [6.45, 7) is 0.556. The number of halogens is 2. The van der Waals surface area contributed by atoms with Crippen LogP contribution in [-0.2, 0) is 0 Å². The van der Waals surface area contributed by atoms with Gasteiger partial charge in [-0.2, -0.15) is 0 Å². The molecule has 0 heterocycles. The molecule has 1 aromatic carbocycles. The van der Waals surface area contributed by atoms with Crippen molar-refractivity contribution in [2.75, 3.05) is 18.9 Å². The van der Waals surface area contributed by atoms with Gasteiger partial charge in [-0.15, -0.1) is 0 Å². The van der Waals surface area contributed by atoms with Gasteiger partial charge in [0.1, 0.15) is 17.3 Å². The maximum Gasteiger partial charge on any atom is 0.251 e. The number of rotatable bonds is 5. The summed E-state index contributed by atoms with van der Waals surface area (Å²) in [4.78, 5) is 11.7. The Morgan fingerprint density at radius 1 is 1.33 bits per heavy atom. The van der Waals surface area contributed by atoms with E-state index in [0.717, 1.165) is 18.6 Å². The molecule has 0 aromatic heterocycles. The first-order valence-electron chi connectivity index (χ1n) is 6.07. The number of anilines is 1. The average molecular weight is 254 g/mol. The first kappa shape index (κ1) is 12.8. The van der Waals surface area contributed by atoms with E-state index < -0.39 is 17.5 Å². The minimum atomic E-state index is -0.759. The van der Waals surface area contributed by atoms with Crippen LogP contribution >= 0.6 is 0 Å². The lowest BCUT2D eigenvalue weighted by atomic mass is 10.1. The summed E-state index contributed by atoms with van der Waals surface area (Å²) in [5, 5.41) is 5.08. The second-order valence-electron chi connectivity index (χ2n) is 4.55. The molecule has 3 nitrogen and oxygen atoms in total. The third-order valence-electron chi connectivity index (χ3n) is 3.09. The van der Waals surface area contributed by atoms with Gasteiger partial charge in [0.15, 0.2) is 0 Å². The van der Waals surface area contributed by atoms with Gasteiger partial charge >= 0.3 is 0 Å². The van der Waals surface area contributed by atoms with Crippen LogP contribution in [0.1, 0.15) is 29.6 Å². The van der Waals surface area contributed by atoms with Crippen molar-refractivity contribution in [2.45, 2.75) is 19.3 Å². The molecule has 1 aromatic rings. The largest absolute Gasteiger partial charge is 0.383 e. The SMILES string of the molecule is CNc1c(F)cc(C(=O)NCCC2CC2)cc1F. The molecule has 5 heteroatoms. The monoisotopic (exact) mass is 254 g/mol. The standard InChI is InChI=1S/C13H16F2N2O/c1-16-12-10(14)6-9(7-11(12)15)13(18)17-5-4-8-2-3-8/h6-8,16H,2-5H2,1H3,(H,17,18). The van der Waals surface area contributed by atoms with Crippen LogP contribution in [-0.4, -0.2) is 19.5 Å². The van der Waals surface area contributed by atoms with E-state index in [4.69, 9.17) is 0 Å². The summed E-state index contributed by atoms with van der Waals surface area (Å²) < 4.78 is 26.9. The molecule has 0 unspecified atom stereocenters. The maximum absolute atomic E-state index is 13.4. The van der Waals surface area contributed by atoms with Crippen molar-refractivity contribution < 1.29 is 13.6 Å². The Labute approximate surface area is 105 Å². The first-order chi connectivity index (χ1) is 8.61. The summed E-state index contributed by atoms with van der Waals surface area (Å²) in [5.74, 6) is -1.24. The van der Waals surface area contributed by atoms with E-state index in [1.807, 2.05) is 0 Å². The van der Waals surface area contributed by atoms with Gasteiger partial charge in [-0.05, 0) is 24.5 Å². The minimum Gasteiger partial charge on any atom is -0.383 e. The van der Waals surface area contributed by atoms with Crippen molar-refractivity contribution >= 4 is 11.6 Å². The van der Waals surface area contributed by atoms with Gasteiger partial charge in [0, 0.05) is 19.2 Å². The lowest BCUT2D eigenvalue weighted by Crippen LogP contribution is -2.25. The predicted octanol–water partition coefficient (Wildman–Crippen LogP) is 2.54. The van der Waals surface area contributed by atoms with Gasteiger partial charge in [-0.1, -0.05) is 12.8 Å². The van der Waals surface area contributed by atoms with E-state index in [2.05, 4.69) is 10.6 Å². The Balaban J connectivity index is 2.00. The van der Waals surface area contributed by atoms with Crippen LogP contribution in [0.25, 0.3) is 0 Å². The molecule has 1 fully saturated rings. The van der Waals surface area contributed by atoms with Gasteiger partial charge < -0.3 is 10.6 Å². The Morgan fingerprint density at radius 3 is 2.44 bits per heavy atom. The van der Waals surface area contributed by atoms with Gasteiger partial charge in [-0.3, -0.25) is 4.79 Å². The Kier molecular flexibility index (Phi) is 3.79. The van der Waals surface area contributed by atoms with Crippen LogP contribution in [0.2, 0.25) is 0 Å². The highest BCUT2D eigenvalue weighted by Crippen LogP contribution is 2.31. The van der Waals surface area contributed by atoms with Crippen LogP contribution in [0.5, 0.6) is 0 Å². The second kappa shape index (κ2) is 5.33. The maximum atomic E-state index is 13.4. The lowest BCUT2D eigenvalue weighted by Gasteiger charge is -2.08. The van der Waals surface area contributed by atoms with Gasteiger partial charge in [-0.25, -0.2) is 8.78 Å². The lowest BCUT2D eigenvalue weighted by molar-refractivity contribution is 0.0952. The number of nitrogens with one attached hydrogen (secondary N) is 2. The Morgan fingerprint density at radius 2 is 1.94 bits per heavy atom. The Hall–Kier alpha value is -1.65. The molecular formula is C13H16F2N2O. The number of hydrogen-bond acceptors (Lipinski definition) is 2. The molecule has 0 atom stereocenters. The van der Waals surface area contributed by atoms with Crippen LogP contribution in [0.15, 0.2) is 12.1 Å². The van der Waals surface area contributed by atoms with Crippen LogP contribution in [0.3, 0.4) is 0 Å². The van der Waals surface area contributed by atoms with Gasteiger partial charge in [0.2, 0.25) is 0 Å². The van der Waals surface area contributed by atoms with Crippen molar-refractivity contribution in [2.24, 2.45) is 5.92 Å². The minimum absolute atomic E-state index is 0.0137. The molecule has 1 amide bonds. The third kappa shape index (κ3) is 2.97. The molecule has 1 saturated carbocycles. The molecule has 18 heavy (non-hydrogen) atoms. The molecule has 0 saturated heterocycles. The molecule has 98 valence electrons. The fourth-order valence-electron chi connectivity index (χ4n) is 1.84. The highest BCUT2D eigenvalue weighted by atomic mass is 19.1. The molecule has 1 aliphatic rings. The van der Waals surface area contributed by atoms with E-state index in [1.165, 1.54) is 19.9 Å². The third-order valence-corrected chi connectivity index (χ3v) is 3.09. The highest BCUT2D eigenvalue weighted by Gasteiger charge is 2.21. The number of hydrogen-bond donors (Lipinski definition) is 2. The number of benzene rings is 1. The predicted molar refractivity (Wildman–Crippen MR) is 65.6 cm³/mol. The van der Waals surface area contributed by atoms with Crippen LogP contribution in [0.4, 0.5) is 14.5 Å². The van der Waals surface area contributed by atoms with E-state index in [1.54, 1.807) is 0 Å². The van der Waals surface area contributed by atoms with Crippen molar-refractivity contribution in [1.29, 1.82) is 0 Å². The highest BCUT2D eigenvalue weighted by molar-refractivity contribution is 5.94. The second-order valence-corrected chi connectivity index (χ2v) is 4.55. The van der Waals surface area contributed by atoms with Crippen LogP contribution < -0.4 is 10.6 Å². The fourth-order valence-corrected chi connectivity index (χ4v) is 1.84. The molecular weight excluding hydrogens is 238 g/mol. The number of carbonyl (C=O) groups is 1. The Bertz CT molecular complexity index is 435. The van der Waals surface area contributed by atoms with E-state index in [0.29, 0.717) is 12.5 Å². The number of amides is 1. The average Bonchev–Trinajstić information content (AvgIpc) is 3.12. The number of carbonyl (C=O) groups excluding carboxylic acids is 1. The molecule has 1 aliphatic carbocycles. The molecule has 2 N–H and O–H groups in total. The molecule has 0 aliphatic heterocycles. The molecule has 0 bridgehead atoms. The summed E-state index contributed by atoms with van der Waals surface area (Å²) in [7, 11) is 1.43. The summed E-state index contributed by atoms with van der Waals surface area (Å²) >= 11 is 0. The fraction of sp³-hybridized carbons (Fsp3) is 0.462. The summed E-state index contributed by atoms with van der Waals surface area (Å²) in [6.07, 6.45) is 3.37. The quantitative estimate of drug-likeness (QED) is 0.847. The first-order valence-corrected chi connectivity index (χ1v) is 6.07. The molecule has 2 rings (SSSR count). The van der Waals surface area contributed by atoms with E-state index in [9.17, 15) is 13.6 Å². The summed E-state index contributed by atoms with van der Waals surface area (Å²) in [5.41, 5.74) is -0.204.